The fourth-order valence-electron chi connectivity index (χ4n) is 1.98. The van der Waals surface area contributed by atoms with Crippen molar-refractivity contribution in [2.75, 3.05) is 0 Å². The zero-order valence-electron chi connectivity index (χ0n) is 9.91. The van der Waals surface area contributed by atoms with E-state index in [4.69, 9.17) is 5.84 Å². The fraction of sp³-hybridized carbons (Fsp3) is 0.231. The standard InChI is InChI=1S/C13H14F2N2S/c1-8-12(2-3-18-8)13(17-16)6-9-4-10(14)7-11(15)5-9/h2-5,7,13,17H,6,16H2,1H3. The van der Waals surface area contributed by atoms with Gasteiger partial charge in [-0.25, -0.2) is 8.78 Å². The molecule has 0 aliphatic heterocycles. The highest BCUT2D eigenvalue weighted by Gasteiger charge is 2.14. The molecule has 2 nitrogen and oxygen atoms in total. The largest absolute Gasteiger partial charge is 0.271 e. The van der Waals surface area contributed by atoms with E-state index in [1.807, 2.05) is 18.4 Å². The van der Waals surface area contributed by atoms with Gasteiger partial charge in [-0.3, -0.25) is 11.3 Å². The van der Waals surface area contributed by atoms with Crippen molar-refractivity contribution in [1.29, 1.82) is 0 Å². The predicted molar refractivity (Wildman–Crippen MR) is 69.2 cm³/mol. The summed E-state index contributed by atoms with van der Waals surface area (Å²) in [4.78, 5) is 1.15. The Bertz CT molecular complexity index is 519. The molecule has 0 bridgehead atoms. The lowest BCUT2D eigenvalue weighted by Crippen LogP contribution is -2.29. The molecule has 1 aromatic carbocycles. The molecular formula is C13H14F2N2S. The van der Waals surface area contributed by atoms with E-state index in [2.05, 4.69) is 5.43 Å². The predicted octanol–water partition coefficient (Wildman–Crippen LogP) is 3.08. The Hall–Kier alpha value is -1.30. The van der Waals surface area contributed by atoms with E-state index in [-0.39, 0.29) is 6.04 Å². The first-order chi connectivity index (χ1) is 8.60. The van der Waals surface area contributed by atoms with Crippen LogP contribution in [0.5, 0.6) is 0 Å². The molecule has 2 rings (SSSR count). The van der Waals surface area contributed by atoms with Gasteiger partial charge >= 0.3 is 0 Å². The van der Waals surface area contributed by atoms with Crippen molar-refractivity contribution in [3.05, 3.63) is 57.3 Å². The third-order valence-corrected chi connectivity index (χ3v) is 3.70. The number of benzene rings is 1. The highest BCUT2D eigenvalue weighted by Crippen LogP contribution is 2.25. The molecule has 3 N–H and O–H groups in total. The fourth-order valence-corrected chi connectivity index (χ4v) is 2.74. The Balaban J connectivity index is 2.23. The number of hydrazine groups is 1. The van der Waals surface area contributed by atoms with Crippen molar-refractivity contribution >= 4 is 11.3 Å². The first-order valence-electron chi connectivity index (χ1n) is 5.55. The number of rotatable bonds is 4. The van der Waals surface area contributed by atoms with Gasteiger partial charge in [0.2, 0.25) is 0 Å². The molecule has 5 heteroatoms. The molecule has 2 aromatic rings. The second kappa shape index (κ2) is 5.56. The average molecular weight is 268 g/mol. The Kier molecular flexibility index (Phi) is 4.06. The van der Waals surface area contributed by atoms with Crippen molar-refractivity contribution in [2.45, 2.75) is 19.4 Å². The van der Waals surface area contributed by atoms with Gasteiger partial charge in [-0.1, -0.05) is 0 Å². The van der Waals surface area contributed by atoms with Gasteiger partial charge < -0.3 is 0 Å². The first-order valence-corrected chi connectivity index (χ1v) is 6.43. The van der Waals surface area contributed by atoms with Crippen LogP contribution in [0, 0.1) is 18.6 Å². The molecule has 18 heavy (non-hydrogen) atoms. The SMILES string of the molecule is Cc1sccc1C(Cc1cc(F)cc(F)c1)NN. The lowest BCUT2D eigenvalue weighted by molar-refractivity contribution is 0.540. The molecule has 0 radical (unpaired) electrons. The summed E-state index contributed by atoms with van der Waals surface area (Å²) in [5, 5.41) is 1.97. The molecule has 96 valence electrons. The van der Waals surface area contributed by atoms with Crippen molar-refractivity contribution in [1.82, 2.24) is 5.43 Å². The summed E-state index contributed by atoms with van der Waals surface area (Å²) in [7, 11) is 0. The number of nitrogens with one attached hydrogen (secondary N) is 1. The van der Waals surface area contributed by atoms with Crippen LogP contribution in [-0.4, -0.2) is 0 Å². The second-order valence-electron chi connectivity index (χ2n) is 4.13. The zero-order chi connectivity index (χ0) is 13.1. The third-order valence-electron chi connectivity index (χ3n) is 2.84. The molecule has 0 saturated carbocycles. The number of hydrogen-bond donors (Lipinski definition) is 2. The number of hydrogen-bond acceptors (Lipinski definition) is 3. The van der Waals surface area contributed by atoms with Crippen molar-refractivity contribution in [3.63, 3.8) is 0 Å². The number of halogens is 2. The normalized spacial score (nSPS) is 12.7. The smallest absolute Gasteiger partial charge is 0.126 e. The maximum atomic E-state index is 13.1. The Morgan fingerprint density at radius 2 is 1.94 bits per heavy atom. The van der Waals surface area contributed by atoms with Gasteiger partial charge in [-0.2, -0.15) is 0 Å². The average Bonchev–Trinajstić information content (AvgIpc) is 2.71. The van der Waals surface area contributed by atoms with Gasteiger partial charge in [0.1, 0.15) is 11.6 Å². The van der Waals surface area contributed by atoms with E-state index in [0.717, 1.165) is 16.5 Å². The van der Waals surface area contributed by atoms with Crippen molar-refractivity contribution in [3.8, 4) is 0 Å². The second-order valence-corrected chi connectivity index (χ2v) is 5.25. The summed E-state index contributed by atoms with van der Waals surface area (Å²) in [6.45, 7) is 2.00. The van der Waals surface area contributed by atoms with Crippen LogP contribution in [0.2, 0.25) is 0 Å². The highest BCUT2D eigenvalue weighted by molar-refractivity contribution is 7.10. The van der Waals surface area contributed by atoms with Crippen LogP contribution in [0.15, 0.2) is 29.6 Å². The van der Waals surface area contributed by atoms with Gasteiger partial charge in [0, 0.05) is 10.9 Å². The summed E-state index contributed by atoms with van der Waals surface area (Å²) >= 11 is 1.62. The molecule has 1 unspecified atom stereocenters. The summed E-state index contributed by atoms with van der Waals surface area (Å²) in [6.07, 6.45) is 0.447. The lowest BCUT2D eigenvalue weighted by Gasteiger charge is -2.16. The first kappa shape index (κ1) is 13.1. The topological polar surface area (TPSA) is 38.0 Å². The van der Waals surface area contributed by atoms with Crippen LogP contribution in [0.3, 0.4) is 0 Å². The Labute approximate surface area is 108 Å². The monoisotopic (exact) mass is 268 g/mol. The van der Waals surface area contributed by atoms with Crippen LogP contribution in [0.4, 0.5) is 8.78 Å². The number of nitrogens with two attached hydrogens (primary N) is 1. The van der Waals surface area contributed by atoms with Gasteiger partial charge in [0.25, 0.3) is 0 Å². The van der Waals surface area contributed by atoms with Crippen LogP contribution in [-0.2, 0) is 6.42 Å². The van der Waals surface area contributed by atoms with Gasteiger partial charge in [0.15, 0.2) is 0 Å². The molecule has 0 fully saturated rings. The van der Waals surface area contributed by atoms with Crippen LogP contribution >= 0.6 is 11.3 Å². The van der Waals surface area contributed by atoms with E-state index in [0.29, 0.717) is 12.0 Å². The molecule has 0 aliphatic carbocycles. The summed E-state index contributed by atoms with van der Waals surface area (Å²) in [5.41, 5.74) is 4.34. The summed E-state index contributed by atoms with van der Waals surface area (Å²) in [6, 6.07) is 5.35. The van der Waals surface area contributed by atoms with Crippen LogP contribution in [0.25, 0.3) is 0 Å². The van der Waals surface area contributed by atoms with Gasteiger partial charge in [0.05, 0.1) is 6.04 Å². The summed E-state index contributed by atoms with van der Waals surface area (Å²) in [5.74, 6) is 4.39. The van der Waals surface area contributed by atoms with E-state index >= 15 is 0 Å². The molecule has 0 spiro atoms. The maximum absolute atomic E-state index is 13.1. The van der Waals surface area contributed by atoms with E-state index in [1.165, 1.54) is 12.1 Å². The molecule has 1 aromatic heterocycles. The third kappa shape index (κ3) is 2.93. The highest BCUT2D eigenvalue weighted by atomic mass is 32.1. The Morgan fingerprint density at radius 3 is 2.44 bits per heavy atom. The molecule has 0 aliphatic rings. The lowest BCUT2D eigenvalue weighted by atomic mass is 10.00. The minimum Gasteiger partial charge on any atom is -0.271 e. The molecular weight excluding hydrogens is 254 g/mol. The van der Waals surface area contributed by atoms with E-state index in [9.17, 15) is 8.78 Å². The van der Waals surface area contributed by atoms with Gasteiger partial charge in [-0.05, 0) is 48.1 Å². The van der Waals surface area contributed by atoms with E-state index < -0.39 is 11.6 Å². The molecule has 0 amide bonds. The minimum absolute atomic E-state index is 0.141. The zero-order valence-corrected chi connectivity index (χ0v) is 10.7. The van der Waals surface area contributed by atoms with Gasteiger partial charge in [-0.15, -0.1) is 11.3 Å². The quantitative estimate of drug-likeness (QED) is 0.660. The van der Waals surface area contributed by atoms with Crippen LogP contribution < -0.4 is 11.3 Å². The van der Waals surface area contributed by atoms with Crippen LogP contribution in [0.1, 0.15) is 22.0 Å². The number of aryl methyl sites for hydroxylation is 1. The van der Waals surface area contributed by atoms with Crippen molar-refractivity contribution < 1.29 is 8.78 Å². The summed E-state index contributed by atoms with van der Waals surface area (Å²) < 4.78 is 26.2. The van der Waals surface area contributed by atoms with E-state index in [1.54, 1.807) is 11.3 Å². The van der Waals surface area contributed by atoms with Crippen molar-refractivity contribution in [2.24, 2.45) is 5.84 Å². The molecule has 1 atom stereocenters. The minimum atomic E-state index is -0.567. The number of thiophene rings is 1. The Morgan fingerprint density at radius 1 is 1.28 bits per heavy atom. The molecule has 1 heterocycles. The maximum Gasteiger partial charge on any atom is 0.126 e. The molecule has 0 saturated heterocycles.